The molecule has 2 heterocycles. The minimum atomic E-state index is 0.0232. The number of amides is 2. The van der Waals surface area contributed by atoms with Gasteiger partial charge in [0.15, 0.2) is 0 Å². The summed E-state index contributed by atoms with van der Waals surface area (Å²) in [6.07, 6.45) is 4.28. The quantitative estimate of drug-likeness (QED) is 0.739. The topological polar surface area (TPSA) is 43.9 Å². The first-order valence-electron chi connectivity index (χ1n) is 11.5. The Labute approximate surface area is 185 Å². The molecule has 5 heteroatoms. The molecule has 2 aromatic carbocycles. The number of rotatable bonds is 5. The first-order valence-corrected chi connectivity index (χ1v) is 11.5. The second-order valence-corrected chi connectivity index (χ2v) is 8.82. The van der Waals surface area contributed by atoms with Crippen LogP contribution in [0, 0.1) is 6.92 Å². The van der Waals surface area contributed by atoms with Crippen molar-refractivity contribution < 1.29 is 9.59 Å². The highest BCUT2D eigenvalue weighted by Crippen LogP contribution is 2.17. The molecule has 2 aromatic rings. The third-order valence-corrected chi connectivity index (χ3v) is 6.55. The number of hydrogen-bond donors (Lipinski definition) is 0. The van der Waals surface area contributed by atoms with E-state index in [4.69, 9.17) is 0 Å². The number of likely N-dealkylation sites (tertiary alicyclic amines) is 1. The summed E-state index contributed by atoms with van der Waals surface area (Å²) in [5.41, 5.74) is 4.33. The van der Waals surface area contributed by atoms with Crippen LogP contribution in [0.15, 0.2) is 48.5 Å². The summed E-state index contributed by atoms with van der Waals surface area (Å²) < 4.78 is 0. The van der Waals surface area contributed by atoms with E-state index >= 15 is 0 Å². The van der Waals surface area contributed by atoms with Gasteiger partial charge in [-0.1, -0.05) is 42.8 Å². The average molecular weight is 420 g/mol. The third kappa shape index (κ3) is 5.53. The fraction of sp³-hybridized carbons (Fsp3) is 0.462. The Balaban J connectivity index is 1.35. The van der Waals surface area contributed by atoms with Crippen molar-refractivity contribution in [2.24, 2.45) is 0 Å². The van der Waals surface area contributed by atoms with Crippen LogP contribution >= 0.6 is 0 Å². The van der Waals surface area contributed by atoms with Gasteiger partial charge in [0, 0.05) is 44.7 Å². The Bertz CT molecular complexity index is 903. The summed E-state index contributed by atoms with van der Waals surface area (Å²) in [6, 6.07) is 16.2. The third-order valence-electron chi connectivity index (χ3n) is 6.55. The van der Waals surface area contributed by atoms with Gasteiger partial charge in [-0.25, -0.2) is 0 Å². The van der Waals surface area contributed by atoms with E-state index in [0.717, 1.165) is 6.54 Å². The SMILES string of the molecule is Cc1ccccc1CN1CCN(C(=O)c2ccc(CN3CCCCC3)cc2)CCC1=O. The number of aryl methyl sites for hydroxylation is 1. The molecule has 5 nitrogen and oxygen atoms in total. The van der Waals surface area contributed by atoms with Gasteiger partial charge in [-0.3, -0.25) is 14.5 Å². The lowest BCUT2D eigenvalue weighted by Crippen LogP contribution is -2.35. The molecule has 31 heavy (non-hydrogen) atoms. The zero-order valence-corrected chi connectivity index (χ0v) is 18.6. The van der Waals surface area contributed by atoms with Crippen molar-refractivity contribution in [3.8, 4) is 0 Å². The van der Waals surface area contributed by atoms with Crippen LogP contribution in [0.25, 0.3) is 0 Å². The van der Waals surface area contributed by atoms with E-state index in [1.54, 1.807) is 0 Å². The monoisotopic (exact) mass is 419 g/mol. The maximum absolute atomic E-state index is 13.1. The van der Waals surface area contributed by atoms with Crippen LogP contribution < -0.4 is 0 Å². The second-order valence-electron chi connectivity index (χ2n) is 8.82. The highest BCUT2D eigenvalue weighted by Gasteiger charge is 2.25. The molecule has 4 rings (SSSR count). The van der Waals surface area contributed by atoms with Gasteiger partial charge in [-0.15, -0.1) is 0 Å². The zero-order valence-electron chi connectivity index (χ0n) is 18.6. The molecule has 2 amide bonds. The van der Waals surface area contributed by atoms with Gasteiger partial charge in [0.05, 0.1) is 0 Å². The predicted molar refractivity (Wildman–Crippen MR) is 123 cm³/mol. The van der Waals surface area contributed by atoms with Gasteiger partial charge in [0.25, 0.3) is 5.91 Å². The van der Waals surface area contributed by atoms with E-state index in [1.807, 2.05) is 34.1 Å². The summed E-state index contributed by atoms with van der Waals surface area (Å²) in [7, 11) is 0. The van der Waals surface area contributed by atoms with E-state index in [-0.39, 0.29) is 11.8 Å². The highest BCUT2D eigenvalue weighted by molar-refractivity contribution is 5.94. The summed E-state index contributed by atoms with van der Waals surface area (Å²) in [4.78, 5) is 31.9. The van der Waals surface area contributed by atoms with Crippen molar-refractivity contribution in [2.45, 2.75) is 45.7 Å². The van der Waals surface area contributed by atoms with Gasteiger partial charge >= 0.3 is 0 Å². The molecule has 2 aliphatic heterocycles. The molecule has 0 atom stereocenters. The fourth-order valence-corrected chi connectivity index (χ4v) is 4.54. The predicted octanol–water partition coefficient (Wildman–Crippen LogP) is 3.86. The maximum atomic E-state index is 13.1. The Kier molecular flexibility index (Phi) is 7.03. The van der Waals surface area contributed by atoms with Crippen molar-refractivity contribution in [3.63, 3.8) is 0 Å². The number of benzene rings is 2. The standard InChI is InChI=1S/C26H33N3O2/c1-21-7-3-4-8-24(21)20-29-18-17-28(16-13-25(29)30)26(31)23-11-9-22(10-12-23)19-27-14-5-2-6-15-27/h3-4,7-12H,2,5-6,13-20H2,1H3. The summed E-state index contributed by atoms with van der Waals surface area (Å²) >= 11 is 0. The maximum Gasteiger partial charge on any atom is 0.253 e. The molecule has 2 saturated heterocycles. The number of piperidine rings is 1. The summed E-state index contributed by atoms with van der Waals surface area (Å²) in [6.45, 7) is 7.61. The molecule has 0 spiro atoms. The lowest BCUT2D eigenvalue weighted by atomic mass is 10.1. The molecular formula is C26H33N3O2. The van der Waals surface area contributed by atoms with Crippen LogP contribution in [0.5, 0.6) is 0 Å². The average Bonchev–Trinajstić information content (AvgIpc) is 2.98. The van der Waals surface area contributed by atoms with E-state index in [0.29, 0.717) is 38.2 Å². The lowest BCUT2D eigenvalue weighted by molar-refractivity contribution is -0.130. The number of hydrogen-bond acceptors (Lipinski definition) is 3. The second kappa shape index (κ2) is 10.1. The minimum absolute atomic E-state index is 0.0232. The molecule has 2 fully saturated rings. The molecule has 164 valence electrons. The molecule has 0 aromatic heterocycles. The van der Waals surface area contributed by atoms with Crippen LogP contribution in [-0.2, 0) is 17.9 Å². The van der Waals surface area contributed by atoms with Crippen molar-refractivity contribution in [2.75, 3.05) is 32.7 Å². The zero-order chi connectivity index (χ0) is 21.6. The largest absolute Gasteiger partial charge is 0.337 e. The molecule has 0 unspecified atom stereocenters. The molecular weight excluding hydrogens is 386 g/mol. The Morgan fingerprint density at radius 1 is 0.839 bits per heavy atom. The fourth-order valence-electron chi connectivity index (χ4n) is 4.54. The Hall–Kier alpha value is -2.66. The minimum Gasteiger partial charge on any atom is -0.337 e. The molecule has 2 aliphatic rings. The smallest absolute Gasteiger partial charge is 0.253 e. The molecule has 0 aliphatic carbocycles. The van der Waals surface area contributed by atoms with Crippen molar-refractivity contribution in [1.29, 1.82) is 0 Å². The summed E-state index contributed by atoms with van der Waals surface area (Å²) in [5, 5.41) is 0. The first-order chi connectivity index (χ1) is 15.1. The van der Waals surface area contributed by atoms with Crippen molar-refractivity contribution in [3.05, 3.63) is 70.8 Å². The molecule has 0 N–H and O–H groups in total. The van der Waals surface area contributed by atoms with Crippen LogP contribution in [0.2, 0.25) is 0 Å². The van der Waals surface area contributed by atoms with Gasteiger partial charge in [0.2, 0.25) is 5.91 Å². The van der Waals surface area contributed by atoms with Gasteiger partial charge < -0.3 is 9.80 Å². The first kappa shape index (κ1) is 21.6. The lowest BCUT2D eigenvalue weighted by Gasteiger charge is -2.26. The molecule has 0 bridgehead atoms. The van der Waals surface area contributed by atoms with Crippen LogP contribution in [-0.4, -0.2) is 59.2 Å². The van der Waals surface area contributed by atoms with Crippen molar-refractivity contribution >= 4 is 11.8 Å². The molecule has 0 saturated carbocycles. The van der Waals surface area contributed by atoms with E-state index in [2.05, 4.69) is 36.1 Å². The Morgan fingerprint density at radius 2 is 1.58 bits per heavy atom. The van der Waals surface area contributed by atoms with Crippen molar-refractivity contribution in [1.82, 2.24) is 14.7 Å². The highest BCUT2D eigenvalue weighted by atomic mass is 16.2. The van der Waals surface area contributed by atoms with Crippen LogP contribution in [0.4, 0.5) is 0 Å². The number of carbonyl (C=O) groups is 2. The van der Waals surface area contributed by atoms with Crippen LogP contribution in [0.1, 0.15) is 52.7 Å². The van der Waals surface area contributed by atoms with Crippen LogP contribution in [0.3, 0.4) is 0 Å². The normalized spacial score (nSPS) is 18.2. The van der Waals surface area contributed by atoms with E-state index < -0.39 is 0 Å². The number of carbonyl (C=O) groups excluding carboxylic acids is 2. The summed E-state index contributed by atoms with van der Waals surface area (Å²) in [5.74, 6) is 0.144. The Morgan fingerprint density at radius 3 is 2.32 bits per heavy atom. The molecule has 0 radical (unpaired) electrons. The number of nitrogens with zero attached hydrogens (tertiary/aromatic N) is 3. The van der Waals surface area contributed by atoms with E-state index in [1.165, 1.54) is 49.0 Å². The van der Waals surface area contributed by atoms with Gasteiger partial charge in [-0.05, 0) is 61.7 Å². The van der Waals surface area contributed by atoms with Gasteiger partial charge in [0.1, 0.15) is 0 Å². The van der Waals surface area contributed by atoms with E-state index in [9.17, 15) is 9.59 Å². The van der Waals surface area contributed by atoms with Gasteiger partial charge in [-0.2, -0.15) is 0 Å².